The normalized spacial score (nSPS) is 16.7. The molecule has 0 aliphatic carbocycles. The molecule has 2 saturated heterocycles. The number of aromatic nitrogens is 6. The molecule has 1 unspecified atom stereocenters. The third-order valence-electron chi connectivity index (χ3n) is 7.33. The first kappa shape index (κ1) is 27.2. The Morgan fingerprint density at radius 3 is 2.51 bits per heavy atom. The highest BCUT2D eigenvalue weighted by molar-refractivity contribution is 6.32. The molecule has 2 aliphatic heterocycles. The monoisotopic (exact) mass is 577 g/mol. The van der Waals surface area contributed by atoms with Gasteiger partial charge in [0.1, 0.15) is 23.9 Å². The lowest BCUT2D eigenvalue weighted by Gasteiger charge is -2.43. The third kappa shape index (κ3) is 6.34. The van der Waals surface area contributed by atoms with Crippen molar-refractivity contribution in [3.8, 4) is 22.6 Å². The van der Waals surface area contributed by atoms with E-state index < -0.39 is 0 Å². The number of benzene rings is 2. The summed E-state index contributed by atoms with van der Waals surface area (Å²) in [7, 11) is 1.67. The number of ether oxygens (including phenoxy) is 3. The Kier molecular flexibility index (Phi) is 8.12. The van der Waals surface area contributed by atoms with Crippen molar-refractivity contribution in [3.63, 3.8) is 0 Å². The lowest BCUT2D eigenvalue weighted by Crippen LogP contribution is -2.56. The molecule has 4 heterocycles. The fourth-order valence-electron chi connectivity index (χ4n) is 4.98. The zero-order chi connectivity index (χ0) is 28.2. The number of halogens is 1. The molecule has 1 N–H and O–H groups in total. The van der Waals surface area contributed by atoms with Crippen molar-refractivity contribution in [2.75, 3.05) is 56.7 Å². The first-order valence-electron chi connectivity index (χ1n) is 13.6. The minimum absolute atomic E-state index is 0.192. The first-order valence-corrected chi connectivity index (χ1v) is 13.9. The standard InChI is InChI=1S/C28H32ClN9O3/c1-19(15-38-18-32-34-35-38)41-26-11-20(3-5-24(26)29)21-13-30-28(31-14-21)33-25-6-4-22(12-27(25)39-2)36-7-9-37(10-8-36)23-16-40-17-23/h3-6,11-14,18-19,23H,7-10,15-17H2,1-2H3,(H,30,31,33). The van der Waals surface area contributed by atoms with Gasteiger partial charge in [0.2, 0.25) is 5.95 Å². The van der Waals surface area contributed by atoms with E-state index >= 15 is 0 Å². The summed E-state index contributed by atoms with van der Waals surface area (Å²) in [5.74, 6) is 1.77. The van der Waals surface area contributed by atoms with Crippen LogP contribution in [0, 0.1) is 0 Å². The lowest BCUT2D eigenvalue weighted by atomic mass is 10.1. The highest BCUT2D eigenvalue weighted by Crippen LogP contribution is 2.34. The molecule has 12 nitrogen and oxygen atoms in total. The van der Waals surface area contributed by atoms with E-state index in [9.17, 15) is 0 Å². The fraction of sp³-hybridized carbons (Fsp3) is 0.393. The van der Waals surface area contributed by atoms with Crippen LogP contribution in [0.2, 0.25) is 5.02 Å². The minimum Gasteiger partial charge on any atom is -0.494 e. The molecule has 6 rings (SSSR count). The van der Waals surface area contributed by atoms with Crippen LogP contribution in [0.25, 0.3) is 11.1 Å². The van der Waals surface area contributed by atoms with Gasteiger partial charge in [-0.25, -0.2) is 14.6 Å². The average Bonchev–Trinajstić information content (AvgIpc) is 3.47. The van der Waals surface area contributed by atoms with Gasteiger partial charge in [0, 0.05) is 55.9 Å². The third-order valence-corrected chi connectivity index (χ3v) is 7.64. The lowest BCUT2D eigenvalue weighted by molar-refractivity contribution is -0.0660. The summed E-state index contributed by atoms with van der Waals surface area (Å²) in [6, 6.07) is 12.4. The maximum Gasteiger partial charge on any atom is 0.227 e. The van der Waals surface area contributed by atoms with E-state index in [0.717, 1.165) is 67.6 Å². The summed E-state index contributed by atoms with van der Waals surface area (Å²) < 4.78 is 18.7. The molecular weight excluding hydrogens is 546 g/mol. The molecule has 13 heteroatoms. The molecular formula is C28H32ClN9O3. The molecule has 214 valence electrons. The fourth-order valence-corrected chi connectivity index (χ4v) is 5.14. The van der Waals surface area contributed by atoms with Gasteiger partial charge in [0.15, 0.2) is 0 Å². The van der Waals surface area contributed by atoms with Gasteiger partial charge in [-0.2, -0.15) is 0 Å². The van der Waals surface area contributed by atoms with Gasteiger partial charge in [-0.05, 0) is 47.2 Å². The highest BCUT2D eigenvalue weighted by atomic mass is 35.5. The molecule has 0 bridgehead atoms. The second kappa shape index (κ2) is 12.2. The minimum atomic E-state index is -0.192. The predicted molar refractivity (Wildman–Crippen MR) is 155 cm³/mol. The summed E-state index contributed by atoms with van der Waals surface area (Å²) in [6.45, 7) is 8.18. The molecule has 2 aromatic heterocycles. The molecule has 0 radical (unpaired) electrons. The zero-order valence-electron chi connectivity index (χ0n) is 23.0. The van der Waals surface area contributed by atoms with E-state index in [4.69, 9.17) is 25.8 Å². The van der Waals surface area contributed by atoms with Gasteiger partial charge >= 0.3 is 0 Å². The van der Waals surface area contributed by atoms with E-state index in [1.165, 1.54) is 0 Å². The number of anilines is 3. The van der Waals surface area contributed by atoms with Crippen molar-refractivity contribution < 1.29 is 14.2 Å². The number of rotatable bonds is 10. The predicted octanol–water partition coefficient (Wildman–Crippen LogP) is 3.52. The second-order valence-corrected chi connectivity index (χ2v) is 10.5. The van der Waals surface area contributed by atoms with Gasteiger partial charge in [-0.1, -0.05) is 17.7 Å². The van der Waals surface area contributed by atoms with E-state index in [1.54, 1.807) is 36.6 Å². The van der Waals surface area contributed by atoms with Crippen LogP contribution in [0.4, 0.5) is 17.3 Å². The molecule has 2 aliphatic rings. The van der Waals surface area contributed by atoms with Crippen LogP contribution in [0.1, 0.15) is 6.92 Å². The molecule has 0 spiro atoms. The van der Waals surface area contributed by atoms with E-state index in [-0.39, 0.29) is 6.10 Å². The zero-order valence-corrected chi connectivity index (χ0v) is 23.7. The smallest absolute Gasteiger partial charge is 0.227 e. The Labute approximate surface area is 243 Å². The van der Waals surface area contributed by atoms with Gasteiger partial charge in [-0.15, -0.1) is 5.10 Å². The number of hydrogen-bond donors (Lipinski definition) is 1. The van der Waals surface area contributed by atoms with Gasteiger partial charge in [0.05, 0.1) is 43.6 Å². The van der Waals surface area contributed by atoms with E-state index in [1.807, 2.05) is 25.1 Å². The summed E-state index contributed by atoms with van der Waals surface area (Å²) >= 11 is 6.41. The number of piperazine rings is 1. The Morgan fingerprint density at radius 1 is 1.02 bits per heavy atom. The number of nitrogens with zero attached hydrogens (tertiary/aromatic N) is 8. The largest absolute Gasteiger partial charge is 0.494 e. The number of nitrogens with one attached hydrogen (secondary N) is 1. The molecule has 41 heavy (non-hydrogen) atoms. The SMILES string of the molecule is COc1cc(N2CCN(C3COC3)CC2)ccc1Nc1ncc(-c2ccc(Cl)c(OC(C)Cn3cnnn3)c2)cn1. The van der Waals surface area contributed by atoms with Crippen LogP contribution < -0.4 is 19.7 Å². The molecule has 0 saturated carbocycles. The van der Waals surface area contributed by atoms with Crippen LogP contribution in [-0.4, -0.2) is 93.7 Å². The van der Waals surface area contributed by atoms with Crippen molar-refractivity contribution in [2.24, 2.45) is 0 Å². The Hall–Kier alpha value is -4.00. The topological polar surface area (TPSA) is 116 Å². The van der Waals surface area contributed by atoms with E-state index in [0.29, 0.717) is 29.3 Å². The Morgan fingerprint density at radius 2 is 1.83 bits per heavy atom. The molecule has 2 fully saturated rings. The Balaban J connectivity index is 1.10. The van der Waals surface area contributed by atoms with Crippen molar-refractivity contribution in [2.45, 2.75) is 25.6 Å². The summed E-state index contributed by atoms with van der Waals surface area (Å²) in [5, 5.41) is 15.0. The van der Waals surface area contributed by atoms with Crippen molar-refractivity contribution >= 4 is 28.9 Å². The summed E-state index contributed by atoms with van der Waals surface area (Å²) in [6.07, 6.45) is 4.88. The maximum absolute atomic E-state index is 6.41. The van der Waals surface area contributed by atoms with E-state index in [2.05, 4.69) is 52.7 Å². The van der Waals surface area contributed by atoms with Gasteiger partial charge in [-0.3, -0.25) is 4.90 Å². The molecule has 0 amide bonds. The van der Waals surface area contributed by atoms with Crippen LogP contribution in [0.5, 0.6) is 11.5 Å². The number of methoxy groups -OCH3 is 1. The quantitative estimate of drug-likeness (QED) is 0.298. The number of hydrogen-bond acceptors (Lipinski definition) is 11. The van der Waals surface area contributed by atoms with Gasteiger partial charge in [0.25, 0.3) is 0 Å². The number of tetrazole rings is 1. The van der Waals surface area contributed by atoms with Crippen LogP contribution >= 0.6 is 11.6 Å². The average molecular weight is 578 g/mol. The molecule has 2 aromatic carbocycles. The second-order valence-electron chi connectivity index (χ2n) is 10.1. The van der Waals surface area contributed by atoms with Crippen molar-refractivity contribution in [1.82, 2.24) is 35.1 Å². The Bertz CT molecular complexity index is 1440. The van der Waals surface area contributed by atoms with Crippen molar-refractivity contribution in [1.29, 1.82) is 0 Å². The summed E-state index contributed by atoms with van der Waals surface area (Å²) in [4.78, 5) is 14.0. The van der Waals surface area contributed by atoms with Crippen LogP contribution in [-0.2, 0) is 11.3 Å². The summed E-state index contributed by atoms with van der Waals surface area (Å²) in [5.41, 5.74) is 3.66. The molecule has 4 aromatic rings. The van der Waals surface area contributed by atoms with Gasteiger partial charge < -0.3 is 24.4 Å². The maximum atomic E-state index is 6.41. The highest BCUT2D eigenvalue weighted by Gasteiger charge is 2.29. The van der Waals surface area contributed by atoms with Crippen LogP contribution in [0.3, 0.4) is 0 Å². The first-order chi connectivity index (χ1) is 20.1. The van der Waals surface area contributed by atoms with Crippen molar-refractivity contribution in [3.05, 3.63) is 60.1 Å². The molecule has 1 atom stereocenters. The van der Waals surface area contributed by atoms with Crippen LogP contribution in [0.15, 0.2) is 55.1 Å².